The van der Waals surface area contributed by atoms with Gasteiger partial charge >= 0.3 is 5.97 Å². The Labute approximate surface area is 238 Å². The van der Waals surface area contributed by atoms with Crippen molar-refractivity contribution >= 4 is 23.7 Å². The molecule has 3 amide bonds. The molecule has 0 saturated carbocycles. The summed E-state index contributed by atoms with van der Waals surface area (Å²) in [4.78, 5) is 50.0. The van der Waals surface area contributed by atoms with Gasteiger partial charge in [-0.2, -0.15) is 0 Å². The average Bonchev–Trinajstić information content (AvgIpc) is 3.51. The molecule has 1 aromatic carbocycles. The van der Waals surface area contributed by atoms with Crippen molar-refractivity contribution in [2.75, 3.05) is 46.6 Å². The number of carboxylic acid groups (broad SMARTS) is 1. The Morgan fingerprint density at radius 2 is 1.88 bits per heavy atom. The van der Waals surface area contributed by atoms with Crippen LogP contribution in [0.1, 0.15) is 54.5 Å². The van der Waals surface area contributed by atoms with Crippen LogP contribution in [0.4, 0.5) is 0 Å². The van der Waals surface area contributed by atoms with Crippen LogP contribution in [0, 0.1) is 5.92 Å². The van der Waals surface area contributed by atoms with Crippen LogP contribution in [0.2, 0.25) is 0 Å². The second-order valence-electron chi connectivity index (χ2n) is 10.1. The maximum atomic E-state index is 13.1. The standard InChI is InChI=1S/C27H39N7O7/c1-18(2)13-21-27(39)34(17-23(35)29-14-24(36)37)25(30-21)22-16-33(32-31-22)15-19-5-7-20(8-6-19)26(38)28-9-4-10-41-12-11-40-3/h5-8,16,18,21,25,30H,4,9-15,17H2,1-3H3,(H,28,38)(H,29,35)(H,36,37). The lowest BCUT2D eigenvalue weighted by molar-refractivity contribution is -0.139. The smallest absolute Gasteiger partial charge is 0.322 e. The van der Waals surface area contributed by atoms with E-state index in [0.29, 0.717) is 57.0 Å². The van der Waals surface area contributed by atoms with Crippen LogP contribution >= 0.6 is 0 Å². The molecule has 1 aliphatic heterocycles. The Kier molecular flexibility index (Phi) is 12.2. The number of amides is 3. The van der Waals surface area contributed by atoms with Crippen molar-refractivity contribution in [1.29, 1.82) is 0 Å². The first-order chi connectivity index (χ1) is 19.7. The highest BCUT2D eigenvalue weighted by Crippen LogP contribution is 2.26. The van der Waals surface area contributed by atoms with Crippen LogP contribution in [0.3, 0.4) is 0 Å². The number of hydrogen-bond donors (Lipinski definition) is 4. The molecule has 1 aromatic heterocycles. The zero-order valence-corrected chi connectivity index (χ0v) is 23.7. The van der Waals surface area contributed by atoms with Crippen molar-refractivity contribution < 1.29 is 33.8 Å². The summed E-state index contributed by atoms with van der Waals surface area (Å²) in [6, 6.07) is 6.64. The van der Waals surface area contributed by atoms with Gasteiger partial charge in [-0.15, -0.1) is 5.10 Å². The molecule has 224 valence electrons. The molecule has 3 rings (SSSR count). The molecular weight excluding hydrogens is 534 g/mol. The maximum absolute atomic E-state index is 13.1. The number of benzene rings is 1. The minimum atomic E-state index is -1.17. The zero-order valence-electron chi connectivity index (χ0n) is 23.7. The molecule has 1 saturated heterocycles. The maximum Gasteiger partial charge on any atom is 0.322 e. The Bertz CT molecular complexity index is 1170. The predicted molar refractivity (Wildman–Crippen MR) is 147 cm³/mol. The van der Waals surface area contributed by atoms with Gasteiger partial charge in [-0.3, -0.25) is 24.5 Å². The summed E-state index contributed by atoms with van der Waals surface area (Å²) in [5, 5.41) is 25.7. The van der Waals surface area contributed by atoms with E-state index < -0.39 is 30.6 Å². The number of carbonyl (C=O) groups excluding carboxylic acids is 3. The van der Waals surface area contributed by atoms with E-state index >= 15 is 0 Å². The topological polar surface area (TPSA) is 177 Å². The van der Waals surface area contributed by atoms with Gasteiger partial charge in [0.1, 0.15) is 24.9 Å². The third-order valence-electron chi connectivity index (χ3n) is 6.29. The molecule has 0 radical (unpaired) electrons. The van der Waals surface area contributed by atoms with Gasteiger partial charge in [0.25, 0.3) is 5.91 Å². The van der Waals surface area contributed by atoms with E-state index in [-0.39, 0.29) is 24.3 Å². The first kappa shape index (κ1) is 31.6. The highest BCUT2D eigenvalue weighted by Gasteiger charge is 2.42. The Balaban J connectivity index is 1.58. The van der Waals surface area contributed by atoms with Crippen molar-refractivity contribution in [3.63, 3.8) is 0 Å². The van der Waals surface area contributed by atoms with Gasteiger partial charge in [0, 0.05) is 25.8 Å². The largest absolute Gasteiger partial charge is 0.480 e. The quantitative estimate of drug-likeness (QED) is 0.191. The van der Waals surface area contributed by atoms with Crippen molar-refractivity contribution in [1.82, 2.24) is 35.8 Å². The van der Waals surface area contributed by atoms with Gasteiger partial charge in [0.15, 0.2) is 0 Å². The summed E-state index contributed by atoms with van der Waals surface area (Å²) in [5.74, 6) is -1.94. The van der Waals surface area contributed by atoms with Gasteiger partial charge in [0.05, 0.1) is 32.0 Å². The molecule has 2 atom stereocenters. The SMILES string of the molecule is COCCOCCCNC(=O)c1ccc(Cn2cc(C3NC(CC(C)C)C(=O)N3CC(=O)NCC(=O)O)nn2)cc1. The lowest BCUT2D eigenvalue weighted by atomic mass is 10.0. The Morgan fingerprint density at radius 1 is 1.12 bits per heavy atom. The molecule has 2 unspecified atom stereocenters. The number of aromatic nitrogens is 3. The second kappa shape index (κ2) is 15.8. The van der Waals surface area contributed by atoms with E-state index in [0.717, 1.165) is 5.56 Å². The van der Waals surface area contributed by atoms with Crippen LogP contribution < -0.4 is 16.0 Å². The fourth-order valence-electron chi connectivity index (χ4n) is 4.31. The van der Waals surface area contributed by atoms with Crippen LogP contribution in [0.25, 0.3) is 0 Å². The summed E-state index contributed by atoms with van der Waals surface area (Å²) in [5.41, 5.74) is 1.88. The third-order valence-corrected chi connectivity index (χ3v) is 6.29. The number of ether oxygens (including phenoxy) is 2. The monoisotopic (exact) mass is 573 g/mol. The van der Waals surface area contributed by atoms with Gasteiger partial charge in [0.2, 0.25) is 11.8 Å². The van der Waals surface area contributed by atoms with Crippen molar-refractivity contribution in [2.24, 2.45) is 5.92 Å². The predicted octanol–water partition coefficient (Wildman–Crippen LogP) is 0.155. The second-order valence-corrected chi connectivity index (χ2v) is 10.1. The molecule has 1 fully saturated rings. The molecule has 14 heteroatoms. The number of nitrogens with zero attached hydrogens (tertiary/aromatic N) is 4. The molecule has 0 spiro atoms. The molecule has 2 heterocycles. The van der Waals surface area contributed by atoms with Crippen molar-refractivity contribution in [3.8, 4) is 0 Å². The summed E-state index contributed by atoms with van der Waals surface area (Å²) in [6.07, 6.45) is 2.28. The zero-order chi connectivity index (χ0) is 29.8. The lowest BCUT2D eigenvalue weighted by Crippen LogP contribution is -2.42. The fraction of sp³-hybridized carbons (Fsp3) is 0.556. The number of nitrogens with one attached hydrogen (secondary N) is 3. The molecule has 0 bridgehead atoms. The first-order valence-corrected chi connectivity index (χ1v) is 13.6. The van der Waals surface area contributed by atoms with E-state index in [1.807, 2.05) is 26.0 Å². The lowest BCUT2D eigenvalue weighted by Gasteiger charge is -2.21. The number of aliphatic carboxylic acids is 1. The number of rotatable bonds is 17. The van der Waals surface area contributed by atoms with E-state index in [2.05, 4.69) is 26.3 Å². The molecule has 4 N–H and O–H groups in total. The Morgan fingerprint density at radius 3 is 2.56 bits per heavy atom. The van der Waals surface area contributed by atoms with Crippen LogP contribution in [-0.4, -0.2) is 101 Å². The fourth-order valence-corrected chi connectivity index (χ4v) is 4.31. The first-order valence-electron chi connectivity index (χ1n) is 13.6. The molecule has 0 aliphatic carbocycles. The molecule has 2 aromatic rings. The summed E-state index contributed by atoms with van der Waals surface area (Å²) < 4.78 is 11.9. The molecular formula is C27H39N7O7. The highest BCUT2D eigenvalue weighted by atomic mass is 16.5. The average molecular weight is 574 g/mol. The van der Waals surface area contributed by atoms with Crippen LogP contribution in [0.15, 0.2) is 30.5 Å². The number of carboxylic acids is 1. The highest BCUT2D eigenvalue weighted by molar-refractivity contribution is 5.94. The van der Waals surface area contributed by atoms with E-state index in [1.54, 1.807) is 30.1 Å². The van der Waals surface area contributed by atoms with Gasteiger partial charge < -0.3 is 30.1 Å². The van der Waals surface area contributed by atoms with Gasteiger partial charge in [-0.05, 0) is 36.5 Å². The minimum absolute atomic E-state index is 0.170. The van der Waals surface area contributed by atoms with Crippen LogP contribution in [-0.2, 0) is 30.4 Å². The number of methoxy groups -OCH3 is 1. The van der Waals surface area contributed by atoms with Crippen LogP contribution in [0.5, 0.6) is 0 Å². The van der Waals surface area contributed by atoms with Gasteiger partial charge in [-0.25, -0.2) is 4.68 Å². The summed E-state index contributed by atoms with van der Waals surface area (Å²) in [7, 11) is 1.62. The summed E-state index contributed by atoms with van der Waals surface area (Å²) in [6.45, 7) is 5.64. The third kappa shape index (κ3) is 9.92. The normalized spacial score (nSPS) is 16.8. The molecule has 14 nitrogen and oxygen atoms in total. The van der Waals surface area contributed by atoms with Crippen molar-refractivity contribution in [2.45, 2.75) is 45.4 Å². The van der Waals surface area contributed by atoms with E-state index in [4.69, 9.17) is 14.6 Å². The molecule has 1 aliphatic rings. The van der Waals surface area contributed by atoms with E-state index in [1.165, 1.54) is 4.90 Å². The van der Waals surface area contributed by atoms with E-state index in [9.17, 15) is 19.2 Å². The Hall–Kier alpha value is -3.88. The number of hydrogen-bond acceptors (Lipinski definition) is 9. The van der Waals surface area contributed by atoms with Crippen molar-refractivity contribution in [3.05, 3.63) is 47.3 Å². The number of carbonyl (C=O) groups is 4. The summed E-state index contributed by atoms with van der Waals surface area (Å²) >= 11 is 0. The van der Waals surface area contributed by atoms with Gasteiger partial charge in [-0.1, -0.05) is 31.2 Å². The molecule has 41 heavy (non-hydrogen) atoms. The minimum Gasteiger partial charge on any atom is -0.480 e.